The number of aryl methyl sites for hydroxylation is 2. The van der Waals surface area contributed by atoms with E-state index in [1.54, 1.807) is 49.6 Å². The van der Waals surface area contributed by atoms with E-state index in [0.29, 0.717) is 49.3 Å². The number of benzene rings is 5. The van der Waals surface area contributed by atoms with Crippen molar-refractivity contribution in [1.29, 1.82) is 0 Å². The molecule has 2 amide bonds. The summed E-state index contributed by atoms with van der Waals surface area (Å²) in [6.07, 6.45) is 6.93. The number of ether oxygens (including phenoxy) is 4. The van der Waals surface area contributed by atoms with Gasteiger partial charge in [0.15, 0.2) is 0 Å². The highest BCUT2D eigenvalue weighted by Gasteiger charge is 2.24. The maximum absolute atomic E-state index is 15.5. The monoisotopic (exact) mass is 1080 g/mol. The highest BCUT2D eigenvalue weighted by molar-refractivity contribution is 6.42. The van der Waals surface area contributed by atoms with Crippen molar-refractivity contribution < 1.29 is 32.9 Å². The molecule has 0 spiro atoms. The number of pyridine rings is 2. The average Bonchev–Trinajstić information content (AvgIpc) is 3.37. The molecule has 0 aliphatic carbocycles. The van der Waals surface area contributed by atoms with Gasteiger partial charge in [-0.1, -0.05) is 76.7 Å². The lowest BCUT2D eigenvalue weighted by atomic mass is 10.0. The molecule has 5 aromatic carbocycles. The van der Waals surface area contributed by atoms with Crippen molar-refractivity contribution in [2.75, 3.05) is 49.2 Å². The standard InChI is InChI=1S/C52H40Cl5FN8O7/c1-7-41(67)62-34-19-29(53)16-25(2)49(34)65-52-60-23-27-17-26(13-14-32(27)63-52)43-45(54)38(72-6)22-39(48(43)57)73-15-9-12-42(68)61-33-11-8-10-31(58)50(33)64-40-20-35-28(24-59-40)18-30(51(69)66(35)3)44-46(55)36(70-4)21-37(71-5)47(44)56/h7-14,16-24H,1,15H2,2-6H3,(H,59,64)(H,61,68)(H,62,67)(H,60,63,65)/b12-9+. The Morgan fingerprint density at radius 3 is 2.10 bits per heavy atom. The van der Waals surface area contributed by atoms with Crippen molar-refractivity contribution >= 4 is 126 Å². The highest BCUT2D eigenvalue weighted by atomic mass is 35.5. The summed E-state index contributed by atoms with van der Waals surface area (Å²) < 4.78 is 39.2. The summed E-state index contributed by atoms with van der Waals surface area (Å²) in [5, 5.41) is 13.8. The average molecular weight is 1090 g/mol. The number of aromatic nitrogens is 4. The van der Waals surface area contributed by atoms with Gasteiger partial charge >= 0.3 is 0 Å². The van der Waals surface area contributed by atoms with E-state index in [2.05, 4.69) is 42.8 Å². The Hall–Kier alpha value is -7.60. The number of para-hydroxylation sites is 1. The number of methoxy groups -OCH3 is 3. The molecular formula is C52H40Cl5FN8O7. The van der Waals surface area contributed by atoms with Crippen molar-refractivity contribution in [1.82, 2.24) is 19.5 Å². The minimum Gasteiger partial charge on any atom is -0.495 e. The van der Waals surface area contributed by atoms with Crippen molar-refractivity contribution in [3.8, 4) is 45.3 Å². The van der Waals surface area contributed by atoms with E-state index in [4.69, 9.17) is 77.0 Å². The van der Waals surface area contributed by atoms with Gasteiger partial charge in [-0.3, -0.25) is 14.4 Å². The number of fused-ring (bicyclic) bond motifs is 2. The first-order valence-electron chi connectivity index (χ1n) is 21.6. The van der Waals surface area contributed by atoms with Crippen molar-refractivity contribution in [3.05, 3.63) is 157 Å². The Labute approximate surface area is 441 Å². The van der Waals surface area contributed by atoms with E-state index >= 15 is 4.39 Å². The Morgan fingerprint density at radius 1 is 0.740 bits per heavy atom. The quantitative estimate of drug-likeness (QED) is 0.0674. The minimum atomic E-state index is -0.689. The third-order valence-corrected chi connectivity index (χ3v) is 13.0. The van der Waals surface area contributed by atoms with Crippen molar-refractivity contribution in [2.24, 2.45) is 7.05 Å². The van der Waals surface area contributed by atoms with Gasteiger partial charge in [-0.05, 0) is 72.7 Å². The van der Waals surface area contributed by atoms with Crippen LogP contribution in [0.3, 0.4) is 0 Å². The van der Waals surface area contributed by atoms with Crippen LogP contribution in [-0.4, -0.2) is 59.3 Å². The van der Waals surface area contributed by atoms with Crippen LogP contribution in [0.1, 0.15) is 5.56 Å². The molecule has 0 bridgehead atoms. The van der Waals surface area contributed by atoms with Gasteiger partial charge < -0.3 is 44.8 Å². The van der Waals surface area contributed by atoms with Gasteiger partial charge in [0.05, 0.1) is 80.8 Å². The van der Waals surface area contributed by atoms with Crippen molar-refractivity contribution in [2.45, 2.75) is 6.92 Å². The summed E-state index contributed by atoms with van der Waals surface area (Å²) in [4.78, 5) is 52.8. The Kier molecular flexibility index (Phi) is 15.6. The Bertz CT molecular complexity index is 3620. The van der Waals surface area contributed by atoms with Crippen LogP contribution >= 0.6 is 58.0 Å². The topological polar surface area (TPSA) is 180 Å². The molecule has 0 aliphatic rings. The molecule has 4 N–H and O–H groups in total. The first-order chi connectivity index (χ1) is 35.0. The number of carbonyl (C=O) groups is 2. The van der Waals surface area contributed by atoms with Crippen LogP contribution in [0.5, 0.6) is 23.0 Å². The third kappa shape index (κ3) is 10.8. The van der Waals surface area contributed by atoms with Crippen molar-refractivity contribution in [3.63, 3.8) is 0 Å². The number of carbonyl (C=O) groups excluding carboxylic acids is 2. The maximum atomic E-state index is 15.5. The molecule has 8 aromatic rings. The molecule has 15 nitrogen and oxygen atoms in total. The van der Waals surface area contributed by atoms with Crippen LogP contribution in [-0.2, 0) is 16.6 Å². The lowest BCUT2D eigenvalue weighted by Crippen LogP contribution is -2.19. The zero-order valence-corrected chi connectivity index (χ0v) is 42.9. The normalized spacial score (nSPS) is 11.2. The number of hydrogen-bond acceptors (Lipinski definition) is 12. The van der Waals surface area contributed by atoms with Gasteiger partial charge in [0.2, 0.25) is 17.8 Å². The Balaban J connectivity index is 0.970. The number of nitrogens with one attached hydrogen (secondary N) is 4. The van der Waals surface area contributed by atoms with Gasteiger partial charge in [-0.25, -0.2) is 19.3 Å². The fourth-order valence-electron chi connectivity index (χ4n) is 7.73. The molecule has 3 heterocycles. The number of hydrogen-bond donors (Lipinski definition) is 4. The Morgan fingerprint density at radius 2 is 1.40 bits per heavy atom. The second-order valence-electron chi connectivity index (χ2n) is 15.8. The number of rotatable bonds is 16. The fraction of sp³-hybridized carbons (Fsp3) is 0.115. The van der Waals surface area contributed by atoms with E-state index in [1.807, 2.05) is 13.0 Å². The predicted octanol–water partition coefficient (Wildman–Crippen LogP) is 13.1. The van der Waals surface area contributed by atoms with Crippen LogP contribution in [0.15, 0.2) is 115 Å². The molecule has 0 fully saturated rings. The van der Waals surface area contributed by atoms with Crippen LogP contribution in [0.25, 0.3) is 44.1 Å². The molecule has 0 saturated heterocycles. The summed E-state index contributed by atoms with van der Waals surface area (Å²) in [6, 6.07) is 19.1. The van der Waals surface area contributed by atoms with Gasteiger partial charge in [-0.2, -0.15) is 0 Å². The molecule has 73 heavy (non-hydrogen) atoms. The zero-order valence-electron chi connectivity index (χ0n) is 39.1. The maximum Gasteiger partial charge on any atom is 0.258 e. The molecule has 3 aromatic heterocycles. The molecule has 8 rings (SSSR count). The van der Waals surface area contributed by atoms with E-state index in [1.165, 1.54) is 74.6 Å². The van der Waals surface area contributed by atoms with Gasteiger partial charge in [0, 0.05) is 70.6 Å². The lowest BCUT2D eigenvalue weighted by Gasteiger charge is -2.17. The summed E-state index contributed by atoms with van der Waals surface area (Å²) in [5.41, 5.74) is 3.72. The van der Waals surface area contributed by atoms with Crippen LogP contribution in [0.4, 0.5) is 38.9 Å². The van der Waals surface area contributed by atoms with Crippen LogP contribution in [0.2, 0.25) is 25.1 Å². The summed E-state index contributed by atoms with van der Waals surface area (Å²) in [7, 11) is 5.87. The third-order valence-electron chi connectivity index (χ3n) is 11.3. The van der Waals surface area contributed by atoms with Crippen LogP contribution < -0.4 is 45.8 Å². The van der Waals surface area contributed by atoms with Gasteiger partial charge in [0.25, 0.3) is 5.56 Å². The molecule has 0 saturated carbocycles. The number of anilines is 6. The number of nitrogens with zero attached hydrogens (tertiary/aromatic N) is 4. The van der Waals surface area contributed by atoms with Gasteiger partial charge in [0.1, 0.15) is 41.2 Å². The number of halogens is 6. The fourth-order valence-corrected chi connectivity index (χ4v) is 9.41. The number of amides is 2. The molecule has 0 aliphatic heterocycles. The minimum absolute atomic E-state index is 0.0845. The highest BCUT2D eigenvalue weighted by Crippen LogP contribution is 2.48. The zero-order chi connectivity index (χ0) is 52.2. The van der Waals surface area contributed by atoms with Gasteiger partial charge in [-0.15, -0.1) is 0 Å². The lowest BCUT2D eigenvalue weighted by molar-refractivity contribution is -0.112. The molecule has 21 heteroatoms. The van der Waals surface area contributed by atoms with E-state index in [0.717, 1.165) is 11.6 Å². The van der Waals surface area contributed by atoms with E-state index in [9.17, 15) is 14.4 Å². The van der Waals surface area contributed by atoms with E-state index < -0.39 is 23.2 Å². The predicted molar refractivity (Wildman–Crippen MR) is 288 cm³/mol. The van der Waals surface area contributed by atoms with Crippen LogP contribution in [0, 0.1) is 12.7 Å². The molecule has 0 unspecified atom stereocenters. The molecule has 0 radical (unpaired) electrons. The SMILES string of the molecule is C=CC(=O)Nc1cc(Cl)cc(C)c1Nc1ncc2cc(-c3c(Cl)c(OC)cc(OC/C=C/C(=O)Nc4cccc(F)c4Nc4cc5c(cn4)cc(-c4c(Cl)c(OC)cc(OC)c4Cl)c(=O)n5C)c3Cl)ccc2n1. The second-order valence-corrected chi connectivity index (χ2v) is 17.8. The second kappa shape index (κ2) is 22.0. The summed E-state index contributed by atoms with van der Waals surface area (Å²) >= 11 is 33.4. The van der Waals surface area contributed by atoms with E-state index in [-0.39, 0.29) is 84.0 Å². The largest absolute Gasteiger partial charge is 0.495 e. The first kappa shape index (κ1) is 51.7. The summed E-state index contributed by atoms with van der Waals surface area (Å²) in [6.45, 7) is 5.22. The summed E-state index contributed by atoms with van der Waals surface area (Å²) in [5.74, 6) is -0.278. The molecule has 372 valence electrons. The smallest absolute Gasteiger partial charge is 0.258 e. The first-order valence-corrected chi connectivity index (χ1v) is 23.5. The molecular weight excluding hydrogens is 1040 g/mol. The molecule has 0 atom stereocenters.